The first-order chi connectivity index (χ1) is 9.95. The molecule has 0 spiro atoms. The molecule has 2 N–H and O–H groups in total. The molecule has 2 heterocycles. The molecule has 1 aromatic carbocycles. The Morgan fingerprint density at radius 2 is 2.14 bits per heavy atom. The molecule has 5 nitrogen and oxygen atoms in total. The van der Waals surface area contributed by atoms with E-state index in [0.29, 0.717) is 14.6 Å². The van der Waals surface area contributed by atoms with Crippen LogP contribution < -0.4 is 4.72 Å². The molecule has 0 bridgehead atoms. The molecular weight excluding hydrogens is 398 g/mol. The molecule has 0 radical (unpaired) electrons. The van der Waals surface area contributed by atoms with Crippen LogP contribution in [-0.4, -0.2) is 18.4 Å². The van der Waals surface area contributed by atoms with Crippen LogP contribution in [0.2, 0.25) is 5.02 Å². The first-order valence-electron chi connectivity index (χ1n) is 5.84. The van der Waals surface area contributed by atoms with Crippen LogP contribution in [0, 0.1) is 0 Å². The summed E-state index contributed by atoms with van der Waals surface area (Å²) < 4.78 is 27.6. The van der Waals surface area contributed by atoms with Gasteiger partial charge in [-0.05, 0) is 34.1 Å². The Kier molecular flexibility index (Phi) is 4.06. The summed E-state index contributed by atoms with van der Waals surface area (Å²) in [5, 5.41) is 0.379. The van der Waals surface area contributed by atoms with Crippen LogP contribution in [0.5, 0.6) is 0 Å². The van der Waals surface area contributed by atoms with E-state index >= 15 is 0 Å². The van der Waals surface area contributed by atoms with Crippen molar-refractivity contribution in [3.63, 3.8) is 0 Å². The molecule has 21 heavy (non-hydrogen) atoms. The highest BCUT2D eigenvalue weighted by molar-refractivity contribution is 9.11. The predicted octanol–water partition coefficient (Wildman–Crippen LogP) is 3.52. The molecule has 0 saturated carbocycles. The number of hydrogen-bond donors (Lipinski definition) is 2. The largest absolute Gasteiger partial charge is 0.341 e. The van der Waals surface area contributed by atoms with Gasteiger partial charge in [0.05, 0.1) is 26.4 Å². The average Bonchev–Trinajstić information content (AvgIpc) is 3.01. The fraction of sp³-hybridized carbons (Fsp3) is 0.0833. The Morgan fingerprint density at radius 1 is 1.38 bits per heavy atom. The Bertz CT molecular complexity index is 852. The summed E-state index contributed by atoms with van der Waals surface area (Å²) in [6, 6.07) is 8.93. The van der Waals surface area contributed by atoms with E-state index in [-0.39, 0.29) is 10.8 Å². The molecule has 0 atom stereocenters. The van der Waals surface area contributed by atoms with Gasteiger partial charge in [-0.25, -0.2) is 18.1 Å². The average molecular weight is 407 g/mol. The van der Waals surface area contributed by atoms with E-state index in [1.165, 1.54) is 6.07 Å². The van der Waals surface area contributed by atoms with E-state index < -0.39 is 10.0 Å². The van der Waals surface area contributed by atoms with Crippen LogP contribution in [0.3, 0.4) is 0 Å². The zero-order chi connectivity index (χ0) is 15.0. The molecule has 3 rings (SSSR count). The molecular formula is C12H9BrClN3O2S2. The maximum Gasteiger partial charge on any atom is 0.250 e. The Morgan fingerprint density at radius 3 is 2.81 bits per heavy atom. The van der Waals surface area contributed by atoms with Crippen LogP contribution in [0.4, 0.5) is 0 Å². The second-order valence-corrected chi connectivity index (χ2v) is 8.98. The Labute approximate surface area is 138 Å². The van der Waals surface area contributed by atoms with Crippen LogP contribution in [-0.2, 0) is 16.6 Å². The third-order valence-electron chi connectivity index (χ3n) is 2.76. The summed E-state index contributed by atoms with van der Waals surface area (Å²) in [5.41, 5.74) is 1.67. The number of H-pyrrole nitrogens is 1. The van der Waals surface area contributed by atoms with Crippen molar-refractivity contribution in [2.24, 2.45) is 0 Å². The maximum atomic E-state index is 12.2. The van der Waals surface area contributed by atoms with Gasteiger partial charge in [0.2, 0.25) is 0 Å². The minimum atomic E-state index is -3.60. The number of rotatable bonds is 4. The molecule has 0 unspecified atom stereocenters. The van der Waals surface area contributed by atoms with Gasteiger partial charge in [-0.2, -0.15) is 0 Å². The van der Waals surface area contributed by atoms with Crippen LogP contribution >= 0.6 is 38.9 Å². The number of nitrogens with one attached hydrogen (secondary N) is 2. The highest BCUT2D eigenvalue weighted by Crippen LogP contribution is 2.34. The van der Waals surface area contributed by atoms with Gasteiger partial charge in [0.25, 0.3) is 10.0 Å². The molecule has 2 aromatic heterocycles. The lowest BCUT2D eigenvalue weighted by atomic mass is 10.3. The summed E-state index contributed by atoms with van der Waals surface area (Å²) in [7, 11) is -3.60. The van der Waals surface area contributed by atoms with E-state index in [1.54, 1.807) is 0 Å². The monoisotopic (exact) mass is 405 g/mol. The van der Waals surface area contributed by atoms with Gasteiger partial charge < -0.3 is 4.98 Å². The van der Waals surface area contributed by atoms with E-state index in [2.05, 4.69) is 30.6 Å². The normalized spacial score (nSPS) is 12.1. The highest BCUT2D eigenvalue weighted by Gasteiger charge is 2.19. The minimum absolute atomic E-state index is 0.0875. The van der Waals surface area contributed by atoms with Crippen molar-refractivity contribution in [2.45, 2.75) is 10.8 Å². The summed E-state index contributed by atoms with van der Waals surface area (Å²) in [6.45, 7) is 0.0875. The summed E-state index contributed by atoms with van der Waals surface area (Å²) in [6.07, 6.45) is 0. The fourth-order valence-corrected chi connectivity index (χ4v) is 5.21. The molecule has 9 heteroatoms. The second-order valence-electron chi connectivity index (χ2n) is 4.21. The number of hydrogen-bond acceptors (Lipinski definition) is 4. The van der Waals surface area contributed by atoms with Crippen LogP contribution in [0.15, 0.2) is 38.3 Å². The molecule has 3 aromatic rings. The number of benzene rings is 1. The zero-order valence-corrected chi connectivity index (χ0v) is 14.4. The smallest absolute Gasteiger partial charge is 0.250 e. The first kappa shape index (κ1) is 15.0. The standard InChI is InChI=1S/C12H9BrClN3O2S2/c13-12-7(14)5-11(20-12)21(18,19)15-6-10-16-8-3-1-2-4-9(8)17-10/h1-5,15H,6H2,(H,16,17). The number of aromatic nitrogens is 2. The second kappa shape index (κ2) is 5.69. The van der Waals surface area contributed by atoms with Crippen molar-refractivity contribution in [3.05, 3.63) is 45.0 Å². The number of nitrogens with zero attached hydrogens (tertiary/aromatic N) is 1. The van der Waals surface area contributed by atoms with Gasteiger partial charge in [0.1, 0.15) is 10.0 Å². The highest BCUT2D eigenvalue weighted by atomic mass is 79.9. The lowest BCUT2D eigenvalue weighted by Gasteiger charge is -2.01. The summed E-state index contributed by atoms with van der Waals surface area (Å²) in [5.74, 6) is 0.557. The summed E-state index contributed by atoms with van der Waals surface area (Å²) >= 11 is 10.1. The first-order valence-corrected chi connectivity index (χ1v) is 9.31. The number of thiophene rings is 1. The van der Waals surface area contributed by atoms with Gasteiger partial charge in [0.15, 0.2) is 0 Å². The molecule has 0 aliphatic carbocycles. The maximum absolute atomic E-state index is 12.2. The summed E-state index contributed by atoms with van der Waals surface area (Å²) in [4.78, 5) is 7.38. The topological polar surface area (TPSA) is 74.8 Å². The molecule has 0 amide bonds. The lowest BCUT2D eigenvalue weighted by molar-refractivity contribution is 0.582. The van der Waals surface area contributed by atoms with Crippen molar-refractivity contribution in [2.75, 3.05) is 0 Å². The van der Waals surface area contributed by atoms with Crippen molar-refractivity contribution in [3.8, 4) is 0 Å². The van der Waals surface area contributed by atoms with Crippen molar-refractivity contribution < 1.29 is 8.42 Å². The third kappa shape index (κ3) is 3.14. The zero-order valence-electron chi connectivity index (χ0n) is 10.4. The number of imidazole rings is 1. The van der Waals surface area contributed by atoms with Crippen molar-refractivity contribution in [1.82, 2.24) is 14.7 Å². The SMILES string of the molecule is O=S(=O)(NCc1nc2ccccc2[nH]1)c1cc(Cl)c(Br)s1. The molecule has 0 saturated heterocycles. The predicted molar refractivity (Wildman–Crippen MR) is 87.1 cm³/mol. The number of para-hydroxylation sites is 2. The number of fused-ring (bicyclic) bond motifs is 1. The van der Waals surface area contributed by atoms with Crippen LogP contribution in [0.1, 0.15) is 5.82 Å². The number of aromatic amines is 1. The van der Waals surface area contributed by atoms with Gasteiger partial charge in [-0.1, -0.05) is 23.7 Å². The number of sulfonamides is 1. The van der Waals surface area contributed by atoms with E-state index in [1.807, 2.05) is 24.3 Å². The van der Waals surface area contributed by atoms with Crippen LogP contribution in [0.25, 0.3) is 11.0 Å². The Balaban J connectivity index is 1.80. The van der Waals surface area contributed by atoms with Crippen molar-refractivity contribution >= 4 is 59.9 Å². The molecule has 110 valence electrons. The lowest BCUT2D eigenvalue weighted by Crippen LogP contribution is -2.22. The molecule has 0 aliphatic rings. The molecule has 0 fully saturated rings. The Hall–Kier alpha value is -0.930. The van der Waals surface area contributed by atoms with E-state index in [4.69, 9.17) is 11.6 Å². The van der Waals surface area contributed by atoms with Gasteiger partial charge in [-0.3, -0.25) is 0 Å². The third-order valence-corrected chi connectivity index (χ3v) is 7.11. The molecule has 0 aliphatic heterocycles. The number of halogens is 2. The van der Waals surface area contributed by atoms with Gasteiger partial charge in [0, 0.05) is 0 Å². The van der Waals surface area contributed by atoms with E-state index in [9.17, 15) is 8.42 Å². The quantitative estimate of drug-likeness (QED) is 0.696. The van der Waals surface area contributed by atoms with Crippen molar-refractivity contribution in [1.29, 1.82) is 0 Å². The van der Waals surface area contributed by atoms with E-state index in [0.717, 1.165) is 22.4 Å². The van der Waals surface area contributed by atoms with Gasteiger partial charge in [-0.15, -0.1) is 11.3 Å². The fourth-order valence-electron chi connectivity index (χ4n) is 1.78. The minimum Gasteiger partial charge on any atom is -0.341 e. The van der Waals surface area contributed by atoms with Gasteiger partial charge >= 0.3 is 0 Å².